The third kappa shape index (κ3) is 5.90. The van der Waals surface area contributed by atoms with Gasteiger partial charge in [-0.25, -0.2) is 4.39 Å². The molecule has 0 saturated heterocycles. The van der Waals surface area contributed by atoms with Crippen molar-refractivity contribution in [3.05, 3.63) is 62.9 Å². The molecular weight excluding hydrogens is 379 g/mol. The monoisotopic (exact) mass is 402 g/mol. The van der Waals surface area contributed by atoms with Crippen LogP contribution in [0.1, 0.15) is 54.9 Å². The lowest BCUT2D eigenvalue weighted by Crippen LogP contribution is -1.99. The minimum atomic E-state index is -0.316. The van der Waals surface area contributed by atoms with Crippen LogP contribution in [0.4, 0.5) is 4.39 Å². The Morgan fingerprint density at radius 1 is 1.00 bits per heavy atom. The molecule has 0 N–H and O–H groups in total. The quantitative estimate of drug-likeness (QED) is 0.392. The lowest BCUT2D eigenvalue weighted by molar-refractivity contribution is 0.304. The van der Waals surface area contributed by atoms with E-state index in [2.05, 4.69) is 34.7 Å². The number of rotatable bonds is 6. The van der Waals surface area contributed by atoms with Crippen LogP contribution in [0.5, 0.6) is 5.75 Å². The van der Waals surface area contributed by atoms with Crippen LogP contribution < -0.4 is 4.74 Å². The second-order valence-electron chi connectivity index (χ2n) is 6.22. The van der Waals surface area contributed by atoms with Crippen molar-refractivity contribution < 1.29 is 9.13 Å². The molecule has 0 aromatic heterocycles. The van der Waals surface area contributed by atoms with Crippen LogP contribution in [0, 0.1) is 31.5 Å². The first-order valence-electron chi connectivity index (χ1n) is 8.72. The topological polar surface area (TPSA) is 9.23 Å². The number of benzene rings is 2. The van der Waals surface area contributed by atoms with Gasteiger partial charge in [0.25, 0.3) is 0 Å². The van der Waals surface area contributed by atoms with Gasteiger partial charge in [0.05, 0.1) is 12.2 Å². The van der Waals surface area contributed by atoms with Crippen molar-refractivity contribution in [2.45, 2.75) is 46.5 Å². The fourth-order valence-corrected chi connectivity index (χ4v) is 2.98. The van der Waals surface area contributed by atoms with Crippen molar-refractivity contribution >= 4 is 15.9 Å². The maximum atomic E-state index is 13.9. The van der Waals surface area contributed by atoms with E-state index in [1.54, 1.807) is 12.1 Å². The maximum absolute atomic E-state index is 13.9. The number of hydrogen-bond donors (Lipinski definition) is 0. The van der Waals surface area contributed by atoms with Gasteiger partial charge in [0.15, 0.2) is 0 Å². The molecule has 0 saturated carbocycles. The highest BCUT2D eigenvalue weighted by Gasteiger charge is 2.05. The van der Waals surface area contributed by atoms with Crippen molar-refractivity contribution in [3.63, 3.8) is 0 Å². The molecule has 1 nitrogen and oxygen atoms in total. The van der Waals surface area contributed by atoms with Crippen LogP contribution in [0.15, 0.2) is 34.8 Å². The van der Waals surface area contributed by atoms with E-state index in [-0.39, 0.29) is 5.82 Å². The summed E-state index contributed by atoms with van der Waals surface area (Å²) in [6, 6.07) is 8.93. The average molecular weight is 403 g/mol. The summed E-state index contributed by atoms with van der Waals surface area (Å²) in [6.45, 7) is 6.97. The van der Waals surface area contributed by atoms with Crippen LogP contribution in [-0.4, -0.2) is 6.61 Å². The molecule has 0 atom stereocenters. The van der Waals surface area contributed by atoms with E-state index >= 15 is 0 Å². The Morgan fingerprint density at radius 3 is 2.36 bits per heavy atom. The van der Waals surface area contributed by atoms with E-state index in [9.17, 15) is 4.39 Å². The minimum absolute atomic E-state index is 0.316. The molecule has 0 unspecified atom stereocenters. The summed E-state index contributed by atoms with van der Waals surface area (Å²) in [7, 11) is 0. The maximum Gasteiger partial charge on any atom is 0.139 e. The molecule has 0 aliphatic rings. The molecule has 132 valence electrons. The second kappa shape index (κ2) is 9.63. The van der Waals surface area contributed by atoms with Gasteiger partial charge in [-0.1, -0.05) is 54.0 Å². The van der Waals surface area contributed by atoms with Gasteiger partial charge in [-0.05, 0) is 61.7 Å². The summed E-state index contributed by atoms with van der Waals surface area (Å²) in [5, 5.41) is 0. The highest BCUT2D eigenvalue weighted by atomic mass is 79.9. The molecule has 0 aliphatic heterocycles. The Bertz CT molecular complexity index is 763. The van der Waals surface area contributed by atoms with Crippen molar-refractivity contribution in [2.24, 2.45) is 0 Å². The van der Waals surface area contributed by atoms with Crippen molar-refractivity contribution in [1.82, 2.24) is 0 Å². The summed E-state index contributed by atoms with van der Waals surface area (Å²) < 4.78 is 20.5. The minimum Gasteiger partial charge on any atom is -0.494 e. The van der Waals surface area contributed by atoms with Gasteiger partial charge in [0.2, 0.25) is 0 Å². The van der Waals surface area contributed by atoms with E-state index in [0.29, 0.717) is 10.0 Å². The lowest BCUT2D eigenvalue weighted by Gasteiger charge is -2.10. The molecule has 2 aromatic rings. The third-order valence-corrected chi connectivity index (χ3v) is 4.52. The van der Waals surface area contributed by atoms with Crippen molar-refractivity contribution in [1.29, 1.82) is 0 Å². The Hall–Kier alpha value is -1.79. The smallest absolute Gasteiger partial charge is 0.139 e. The molecule has 0 radical (unpaired) electrons. The number of aryl methyl sites for hydroxylation is 2. The first kappa shape index (κ1) is 19.5. The van der Waals surface area contributed by atoms with Crippen LogP contribution in [0.3, 0.4) is 0 Å². The fraction of sp³-hybridized carbons (Fsp3) is 0.364. The molecule has 2 rings (SSSR count). The molecule has 0 spiro atoms. The zero-order chi connectivity index (χ0) is 18.2. The normalized spacial score (nSPS) is 10.3. The SMILES string of the molecule is CCCCCCOc1cc(C)c(C#Cc2ccc(Br)cc2F)c(C)c1. The van der Waals surface area contributed by atoms with Gasteiger partial charge in [-0.2, -0.15) is 0 Å². The Morgan fingerprint density at radius 2 is 1.72 bits per heavy atom. The Kier molecular flexibility index (Phi) is 7.52. The van der Waals surface area contributed by atoms with Gasteiger partial charge in [-0.15, -0.1) is 0 Å². The fourth-order valence-electron chi connectivity index (χ4n) is 2.64. The van der Waals surface area contributed by atoms with Crippen LogP contribution >= 0.6 is 15.9 Å². The summed E-state index contributed by atoms with van der Waals surface area (Å²) in [5.74, 6) is 6.61. The number of halogens is 2. The third-order valence-electron chi connectivity index (χ3n) is 4.03. The zero-order valence-corrected chi connectivity index (χ0v) is 16.7. The van der Waals surface area contributed by atoms with Gasteiger partial charge in [0.1, 0.15) is 11.6 Å². The first-order chi connectivity index (χ1) is 12.0. The van der Waals surface area contributed by atoms with E-state index in [4.69, 9.17) is 4.74 Å². The number of hydrogen-bond acceptors (Lipinski definition) is 1. The number of ether oxygens (including phenoxy) is 1. The lowest BCUT2D eigenvalue weighted by atomic mass is 10.0. The van der Waals surface area contributed by atoms with Crippen LogP contribution in [0.2, 0.25) is 0 Å². The Labute approximate surface area is 158 Å². The summed E-state index contributed by atoms with van der Waals surface area (Å²) >= 11 is 3.26. The molecule has 0 amide bonds. The van der Waals surface area contributed by atoms with E-state index in [0.717, 1.165) is 35.5 Å². The summed E-state index contributed by atoms with van der Waals surface area (Å²) in [4.78, 5) is 0. The number of unbranched alkanes of at least 4 members (excludes halogenated alkanes) is 3. The van der Waals surface area contributed by atoms with Crippen molar-refractivity contribution in [2.75, 3.05) is 6.61 Å². The Balaban J connectivity index is 2.11. The van der Waals surface area contributed by atoms with Gasteiger partial charge >= 0.3 is 0 Å². The molecule has 2 aromatic carbocycles. The molecule has 0 heterocycles. The average Bonchev–Trinajstić information content (AvgIpc) is 2.55. The zero-order valence-electron chi connectivity index (χ0n) is 15.1. The molecule has 0 bridgehead atoms. The van der Waals surface area contributed by atoms with E-state index < -0.39 is 0 Å². The highest BCUT2D eigenvalue weighted by Crippen LogP contribution is 2.22. The van der Waals surface area contributed by atoms with Crippen LogP contribution in [0.25, 0.3) is 0 Å². The van der Waals surface area contributed by atoms with Gasteiger partial charge in [0, 0.05) is 10.0 Å². The second-order valence-corrected chi connectivity index (χ2v) is 7.13. The molecule has 0 aliphatic carbocycles. The first-order valence-corrected chi connectivity index (χ1v) is 9.51. The van der Waals surface area contributed by atoms with Gasteiger partial charge < -0.3 is 4.74 Å². The predicted octanol–water partition coefficient (Wildman–Crippen LogP) is 6.56. The highest BCUT2D eigenvalue weighted by molar-refractivity contribution is 9.10. The van der Waals surface area contributed by atoms with Gasteiger partial charge in [-0.3, -0.25) is 0 Å². The largest absolute Gasteiger partial charge is 0.494 e. The summed E-state index contributed by atoms with van der Waals surface area (Å²) in [5.41, 5.74) is 3.43. The molecule has 3 heteroatoms. The standard InChI is InChI=1S/C22H24BrFO/c1-4-5-6-7-12-25-20-13-16(2)21(17(3)14-20)11-9-18-8-10-19(23)15-22(18)24/h8,10,13-15H,4-7,12H2,1-3H3. The molecule has 25 heavy (non-hydrogen) atoms. The van der Waals surface area contributed by atoms with Crippen molar-refractivity contribution in [3.8, 4) is 17.6 Å². The van der Waals surface area contributed by atoms with E-state index in [1.807, 2.05) is 26.0 Å². The summed E-state index contributed by atoms with van der Waals surface area (Å²) in [6.07, 6.45) is 4.76. The molecular formula is C22H24BrFO. The molecule has 0 fully saturated rings. The van der Waals surface area contributed by atoms with Crippen LogP contribution in [-0.2, 0) is 0 Å². The van der Waals surface area contributed by atoms with E-state index in [1.165, 1.54) is 25.3 Å². The predicted molar refractivity (Wildman–Crippen MR) is 106 cm³/mol.